The van der Waals surface area contributed by atoms with Crippen molar-refractivity contribution in [1.82, 2.24) is 29.8 Å². The molecule has 0 bridgehead atoms. The number of carbonyl (C=O) groups excluding carboxylic acids is 2. The Morgan fingerprint density at radius 2 is 1.89 bits per heavy atom. The molecule has 0 saturated carbocycles. The molecule has 1 aliphatic heterocycles. The number of nitrogens with zero attached hydrogens (tertiary/aromatic N) is 7. The lowest BCUT2D eigenvalue weighted by Crippen LogP contribution is -2.27. The maximum absolute atomic E-state index is 14.1. The number of allylic oxidation sites excluding steroid dienone is 5. The number of aromatic nitrogens is 6. The van der Waals surface area contributed by atoms with Crippen LogP contribution in [0.2, 0.25) is 5.02 Å². The lowest BCUT2D eigenvalue weighted by Gasteiger charge is -2.24. The third-order valence-corrected chi connectivity index (χ3v) is 5.32. The average molecular weight is 501 g/mol. The van der Waals surface area contributed by atoms with Gasteiger partial charge in [-0.1, -0.05) is 29.8 Å². The van der Waals surface area contributed by atoms with Crippen LogP contribution in [0.15, 0.2) is 66.2 Å². The molecule has 1 aliphatic carbocycles. The van der Waals surface area contributed by atoms with Gasteiger partial charge in [0.25, 0.3) is 11.8 Å². The van der Waals surface area contributed by atoms with E-state index in [-0.39, 0.29) is 27.9 Å². The number of fused-ring (bicyclic) bond motifs is 1. The highest BCUT2D eigenvalue weighted by Gasteiger charge is 2.42. The van der Waals surface area contributed by atoms with Gasteiger partial charge in [0.2, 0.25) is 0 Å². The quantitative estimate of drug-likeness (QED) is 0.586. The van der Waals surface area contributed by atoms with Crippen molar-refractivity contribution < 1.29 is 22.8 Å². The molecule has 3 aromatic rings. The molecule has 4 heterocycles. The normalized spacial score (nSPS) is 17.1. The number of anilines is 1. The number of dihydropyridines is 1. The Kier molecular flexibility index (Phi) is 5.40. The summed E-state index contributed by atoms with van der Waals surface area (Å²) in [6, 6.07) is 1.30. The highest BCUT2D eigenvalue weighted by Crippen LogP contribution is 2.37. The Morgan fingerprint density at radius 1 is 1.11 bits per heavy atom. The molecular formula is C21H12ClF3N8O2. The Balaban J connectivity index is 1.49. The van der Waals surface area contributed by atoms with Gasteiger partial charge < -0.3 is 5.32 Å². The van der Waals surface area contributed by atoms with Crippen LogP contribution in [0.1, 0.15) is 16.1 Å². The minimum absolute atomic E-state index is 0.0404. The van der Waals surface area contributed by atoms with Gasteiger partial charge in [-0.2, -0.15) is 28.5 Å². The van der Waals surface area contributed by atoms with Crippen molar-refractivity contribution in [2.45, 2.75) is 6.18 Å². The molecule has 2 amide bonds. The predicted octanol–water partition coefficient (Wildman–Crippen LogP) is 3.35. The van der Waals surface area contributed by atoms with E-state index < -0.39 is 35.2 Å². The van der Waals surface area contributed by atoms with Gasteiger partial charge in [0.1, 0.15) is 0 Å². The van der Waals surface area contributed by atoms with Gasteiger partial charge >= 0.3 is 6.18 Å². The van der Waals surface area contributed by atoms with Crippen molar-refractivity contribution >= 4 is 40.5 Å². The van der Waals surface area contributed by atoms with Crippen LogP contribution < -0.4 is 5.32 Å². The topological polar surface area (TPSA) is 120 Å². The van der Waals surface area contributed by atoms with Crippen LogP contribution in [0.25, 0.3) is 11.5 Å². The first-order valence-corrected chi connectivity index (χ1v) is 10.3. The van der Waals surface area contributed by atoms with Crippen LogP contribution in [0.3, 0.4) is 0 Å². The summed E-state index contributed by atoms with van der Waals surface area (Å²) in [6.07, 6.45) is 7.15. The van der Waals surface area contributed by atoms with Gasteiger partial charge in [0, 0.05) is 6.08 Å². The number of amides is 2. The molecule has 0 aromatic carbocycles. The Bertz CT molecular complexity index is 1470. The largest absolute Gasteiger partial charge is 0.434 e. The summed E-state index contributed by atoms with van der Waals surface area (Å²) in [7, 11) is 0. The Hall–Kier alpha value is -4.39. The third-order valence-electron chi connectivity index (χ3n) is 5.04. The zero-order chi connectivity index (χ0) is 24.7. The summed E-state index contributed by atoms with van der Waals surface area (Å²) in [6.45, 7) is 0. The summed E-state index contributed by atoms with van der Waals surface area (Å²) in [5.41, 5.74) is -1.85. The predicted molar refractivity (Wildman–Crippen MR) is 118 cm³/mol. The summed E-state index contributed by atoms with van der Waals surface area (Å²) >= 11 is 6.16. The lowest BCUT2D eigenvalue weighted by molar-refractivity contribution is -0.143. The van der Waals surface area contributed by atoms with E-state index in [0.717, 1.165) is 17.1 Å². The summed E-state index contributed by atoms with van der Waals surface area (Å²) < 4.78 is 42.9. The number of carbonyl (C=O) groups is 2. The van der Waals surface area contributed by atoms with Crippen molar-refractivity contribution in [3.05, 3.63) is 77.5 Å². The van der Waals surface area contributed by atoms with E-state index in [1.165, 1.54) is 30.7 Å². The molecule has 176 valence electrons. The highest BCUT2D eigenvalue weighted by atomic mass is 35.5. The van der Waals surface area contributed by atoms with Crippen LogP contribution in [-0.2, 0) is 11.0 Å². The summed E-state index contributed by atoms with van der Waals surface area (Å²) in [5, 5.41) is 14.0. The molecular weight excluding hydrogens is 489 g/mol. The fourth-order valence-corrected chi connectivity index (χ4v) is 3.85. The van der Waals surface area contributed by atoms with Gasteiger partial charge in [-0.3, -0.25) is 9.59 Å². The minimum atomic E-state index is -4.97. The van der Waals surface area contributed by atoms with Crippen molar-refractivity contribution in [2.24, 2.45) is 10.9 Å². The standard InChI is InChI=1S/C21H12ClF3N8O2/c22-14-7-11(9-26-19(14)33-27-5-6-28-33)30-20(35)13-10-29-32(18(13)21(23,24)25)16-8-17(34)31-15-4-2-1-3-12(15)16/h1-10,12H,(H,30,35). The van der Waals surface area contributed by atoms with Crippen molar-refractivity contribution in [1.29, 1.82) is 0 Å². The molecule has 14 heteroatoms. The van der Waals surface area contributed by atoms with E-state index >= 15 is 0 Å². The monoisotopic (exact) mass is 500 g/mol. The smallest absolute Gasteiger partial charge is 0.320 e. The van der Waals surface area contributed by atoms with Crippen molar-refractivity contribution in [3.63, 3.8) is 0 Å². The molecule has 0 fully saturated rings. The van der Waals surface area contributed by atoms with E-state index in [1.807, 2.05) is 0 Å². The van der Waals surface area contributed by atoms with Crippen molar-refractivity contribution in [3.8, 4) is 5.82 Å². The molecule has 0 saturated heterocycles. The second-order valence-electron chi connectivity index (χ2n) is 7.28. The fraction of sp³-hybridized carbons (Fsp3) is 0.0952. The van der Waals surface area contributed by atoms with E-state index in [1.54, 1.807) is 18.2 Å². The summed E-state index contributed by atoms with van der Waals surface area (Å²) in [5.74, 6) is -2.39. The number of nitrogens with one attached hydrogen (secondary N) is 1. The molecule has 35 heavy (non-hydrogen) atoms. The van der Waals surface area contributed by atoms with Crippen LogP contribution in [0.5, 0.6) is 0 Å². The maximum Gasteiger partial charge on any atom is 0.434 e. The van der Waals surface area contributed by atoms with E-state index in [9.17, 15) is 22.8 Å². The summed E-state index contributed by atoms with van der Waals surface area (Å²) in [4.78, 5) is 33.9. The molecule has 0 spiro atoms. The van der Waals surface area contributed by atoms with Crippen LogP contribution in [0.4, 0.5) is 18.9 Å². The zero-order valence-corrected chi connectivity index (χ0v) is 18.1. The number of alkyl halides is 3. The van der Waals surface area contributed by atoms with Gasteiger partial charge in [0.15, 0.2) is 11.5 Å². The molecule has 10 nitrogen and oxygen atoms in total. The van der Waals surface area contributed by atoms with E-state index in [0.29, 0.717) is 4.68 Å². The molecule has 1 unspecified atom stereocenters. The average Bonchev–Trinajstić information content (AvgIpc) is 3.49. The SMILES string of the molecule is O=C1C=C(n2ncc(C(=O)Nc3cnc(-n4nccn4)c(Cl)c3)c2C(F)(F)F)C2C=CC=CC2=N1. The maximum atomic E-state index is 14.1. The molecule has 2 aliphatic rings. The number of pyridine rings is 1. The molecule has 5 rings (SSSR count). The highest BCUT2D eigenvalue weighted by molar-refractivity contribution is 6.32. The number of rotatable bonds is 4. The third kappa shape index (κ3) is 4.17. The van der Waals surface area contributed by atoms with E-state index in [2.05, 4.69) is 30.6 Å². The zero-order valence-electron chi connectivity index (χ0n) is 17.3. The van der Waals surface area contributed by atoms with Crippen molar-refractivity contribution in [2.75, 3.05) is 5.32 Å². The second-order valence-corrected chi connectivity index (χ2v) is 7.69. The van der Waals surface area contributed by atoms with E-state index in [4.69, 9.17) is 11.6 Å². The number of hydrogen-bond donors (Lipinski definition) is 1. The number of halogens is 4. The second kappa shape index (κ2) is 8.43. The van der Waals surface area contributed by atoms with Crippen LogP contribution in [-0.4, -0.2) is 47.3 Å². The number of aliphatic imine (C=N–C) groups is 1. The lowest BCUT2D eigenvalue weighted by atomic mass is 9.92. The van der Waals surface area contributed by atoms with Gasteiger partial charge in [-0.25, -0.2) is 14.7 Å². The first-order valence-electron chi connectivity index (χ1n) is 9.90. The Labute approximate surface area is 199 Å². The molecule has 1 atom stereocenters. The first-order chi connectivity index (χ1) is 16.7. The first kappa shape index (κ1) is 22.4. The van der Waals surface area contributed by atoms with Crippen LogP contribution in [0, 0.1) is 5.92 Å². The molecule has 3 aromatic heterocycles. The Morgan fingerprint density at radius 3 is 2.60 bits per heavy atom. The number of hydrogen-bond acceptors (Lipinski definition) is 6. The molecule has 1 N–H and O–H groups in total. The van der Waals surface area contributed by atoms with Crippen LogP contribution >= 0.6 is 11.6 Å². The van der Waals surface area contributed by atoms with Gasteiger partial charge in [-0.05, 0) is 12.1 Å². The van der Waals surface area contributed by atoms with Gasteiger partial charge in [0.05, 0.1) is 58.4 Å². The molecule has 0 radical (unpaired) electrons. The minimum Gasteiger partial charge on any atom is -0.320 e. The fourth-order valence-electron chi connectivity index (χ4n) is 3.61. The van der Waals surface area contributed by atoms with Gasteiger partial charge in [-0.15, -0.1) is 4.80 Å².